The van der Waals surface area contributed by atoms with E-state index in [1.54, 1.807) is 0 Å². The lowest BCUT2D eigenvalue weighted by molar-refractivity contribution is 0.0591. The number of aromatic nitrogens is 2. The molecular weight excluding hydrogens is 308 g/mol. The summed E-state index contributed by atoms with van der Waals surface area (Å²) in [5.74, 6) is -0.859. The topological polar surface area (TPSA) is 98.4 Å². The van der Waals surface area contributed by atoms with Gasteiger partial charge in [0.2, 0.25) is 11.6 Å². The van der Waals surface area contributed by atoms with Gasteiger partial charge in [0.05, 0.1) is 17.6 Å². The maximum absolute atomic E-state index is 12.4. The lowest BCUT2D eigenvalue weighted by Crippen LogP contribution is -2.18. The van der Waals surface area contributed by atoms with E-state index in [0.29, 0.717) is 23.9 Å². The molecule has 7 nitrogen and oxygen atoms in total. The number of carbonyl (C=O) groups is 3. The molecule has 8 heteroatoms. The van der Waals surface area contributed by atoms with Crippen LogP contribution in [-0.4, -0.2) is 53.8 Å². The summed E-state index contributed by atoms with van der Waals surface area (Å²) in [5.41, 5.74) is -0.132. The predicted molar refractivity (Wildman–Crippen MR) is 80.2 cm³/mol. The number of Topliss-reactive ketones (excluding diaryl/α,β-unsaturated/α-hetero) is 1. The standard InChI is InChI=1S/C14H16N2O5S/c1-3-21-5-4-6-22-9-7-8(17)11-10(13(9)18)12(16-15-11)14(19)20-2/h7H,3-6H2,1-2H3,(H,15,16). The highest BCUT2D eigenvalue weighted by Gasteiger charge is 2.34. The van der Waals surface area contributed by atoms with E-state index in [9.17, 15) is 14.4 Å². The van der Waals surface area contributed by atoms with Crippen LogP contribution in [-0.2, 0) is 9.47 Å². The normalized spacial score (nSPS) is 13.8. The average Bonchev–Trinajstić information content (AvgIpc) is 2.96. The van der Waals surface area contributed by atoms with Crippen LogP contribution in [0.3, 0.4) is 0 Å². The number of allylic oxidation sites excluding steroid dienone is 2. The number of methoxy groups -OCH3 is 1. The minimum absolute atomic E-state index is 0.00772. The van der Waals surface area contributed by atoms with Gasteiger partial charge in [-0.2, -0.15) is 5.10 Å². The van der Waals surface area contributed by atoms with Crippen molar-refractivity contribution in [1.29, 1.82) is 0 Å². The van der Waals surface area contributed by atoms with E-state index >= 15 is 0 Å². The third kappa shape index (κ3) is 3.28. The second-order valence-corrected chi connectivity index (χ2v) is 5.55. The lowest BCUT2D eigenvalue weighted by atomic mass is 9.99. The molecule has 0 saturated heterocycles. The summed E-state index contributed by atoms with van der Waals surface area (Å²) in [6.07, 6.45) is 2.04. The predicted octanol–water partition coefficient (Wildman–Crippen LogP) is 1.62. The molecule has 22 heavy (non-hydrogen) atoms. The van der Waals surface area contributed by atoms with Crippen molar-refractivity contribution in [1.82, 2.24) is 10.2 Å². The van der Waals surface area contributed by atoms with Crippen molar-refractivity contribution in [2.45, 2.75) is 13.3 Å². The first kappa shape index (κ1) is 16.4. The Balaban J connectivity index is 2.13. The molecule has 0 radical (unpaired) electrons. The Morgan fingerprint density at radius 3 is 2.86 bits per heavy atom. The molecule has 0 amide bonds. The van der Waals surface area contributed by atoms with E-state index in [-0.39, 0.29) is 28.5 Å². The molecule has 1 heterocycles. The fourth-order valence-corrected chi connectivity index (χ4v) is 2.87. The molecule has 1 aromatic heterocycles. The molecule has 118 valence electrons. The van der Waals surface area contributed by atoms with Gasteiger partial charge in [-0.25, -0.2) is 4.79 Å². The van der Waals surface area contributed by atoms with Crippen LogP contribution in [0.4, 0.5) is 0 Å². The van der Waals surface area contributed by atoms with Gasteiger partial charge in [0.25, 0.3) is 0 Å². The molecule has 2 rings (SSSR count). The van der Waals surface area contributed by atoms with Crippen molar-refractivity contribution >= 4 is 29.3 Å². The molecule has 0 aromatic carbocycles. The summed E-state index contributed by atoms with van der Waals surface area (Å²) in [5, 5.41) is 6.15. The molecule has 1 aliphatic carbocycles. The number of nitrogens with one attached hydrogen (secondary N) is 1. The Labute approximate surface area is 131 Å². The van der Waals surface area contributed by atoms with Gasteiger partial charge < -0.3 is 9.47 Å². The number of nitrogens with zero attached hydrogens (tertiary/aromatic N) is 1. The van der Waals surface area contributed by atoms with Crippen LogP contribution in [0.25, 0.3) is 0 Å². The SMILES string of the molecule is CCOCCCSC1=CC(=O)c2[nH]nc(C(=O)OC)c2C1=O. The Morgan fingerprint density at radius 1 is 1.41 bits per heavy atom. The highest BCUT2D eigenvalue weighted by atomic mass is 32.2. The molecular formula is C14H16N2O5S. The summed E-state index contributed by atoms with van der Waals surface area (Å²) in [7, 11) is 1.19. The van der Waals surface area contributed by atoms with Crippen molar-refractivity contribution in [3.05, 3.63) is 27.9 Å². The smallest absolute Gasteiger partial charge is 0.359 e. The van der Waals surface area contributed by atoms with Crippen LogP contribution in [0.1, 0.15) is 44.7 Å². The maximum Gasteiger partial charge on any atom is 0.359 e. The van der Waals surface area contributed by atoms with Gasteiger partial charge in [-0.15, -0.1) is 11.8 Å². The fraction of sp³-hybridized carbons (Fsp3) is 0.429. The quantitative estimate of drug-likeness (QED) is 0.601. The van der Waals surface area contributed by atoms with Gasteiger partial charge in [-0.3, -0.25) is 14.7 Å². The molecule has 0 saturated carbocycles. The molecule has 0 spiro atoms. The lowest BCUT2D eigenvalue weighted by Gasteiger charge is -2.11. The van der Waals surface area contributed by atoms with Crippen LogP contribution >= 0.6 is 11.8 Å². The van der Waals surface area contributed by atoms with Gasteiger partial charge in [0.15, 0.2) is 5.69 Å². The van der Waals surface area contributed by atoms with Crippen molar-refractivity contribution in [2.24, 2.45) is 0 Å². The highest BCUT2D eigenvalue weighted by Crippen LogP contribution is 2.29. The third-order valence-electron chi connectivity index (χ3n) is 3.00. The van der Waals surface area contributed by atoms with Crippen molar-refractivity contribution in [3.63, 3.8) is 0 Å². The summed E-state index contributed by atoms with van der Waals surface area (Å²) in [6, 6.07) is 0. The van der Waals surface area contributed by atoms with E-state index in [2.05, 4.69) is 14.9 Å². The molecule has 1 aliphatic rings. The minimum Gasteiger partial charge on any atom is -0.464 e. The summed E-state index contributed by atoms with van der Waals surface area (Å²) >= 11 is 1.27. The summed E-state index contributed by atoms with van der Waals surface area (Å²) in [4.78, 5) is 36.4. The Kier molecular flexibility index (Phi) is 5.51. The van der Waals surface area contributed by atoms with E-state index in [1.807, 2.05) is 6.92 Å². The number of ether oxygens (including phenoxy) is 2. The number of esters is 1. The van der Waals surface area contributed by atoms with Gasteiger partial charge in [0.1, 0.15) is 5.69 Å². The summed E-state index contributed by atoms with van der Waals surface area (Å²) in [6.45, 7) is 3.16. The third-order valence-corrected chi connectivity index (χ3v) is 4.11. The molecule has 0 aliphatic heterocycles. The molecule has 0 fully saturated rings. The number of rotatable bonds is 7. The fourth-order valence-electron chi connectivity index (χ4n) is 1.96. The number of hydrogen-bond donors (Lipinski definition) is 1. The van der Waals surface area contributed by atoms with Gasteiger partial charge >= 0.3 is 5.97 Å². The van der Waals surface area contributed by atoms with Gasteiger partial charge in [0, 0.05) is 25.0 Å². The van der Waals surface area contributed by atoms with Crippen LogP contribution in [0.15, 0.2) is 11.0 Å². The minimum atomic E-state index is -0.749. The van der Waals surface area contributed by atoms with Crippen molar-refractivity contribution in [2.75, 3.05) is 26.1 Å². The zero-order valence-electron chi connectivity index (χ0n) is 12.3. The van der Waals surface area contributed by atoms with Crippen LogP contribution in [0.5, 0.6) is 0 Å². The second-order valence-electron chi connectivity index (χ2n) is 4.41. The van der Waals surface area contributed by atoms with Crippen LogP contribution < -0.4 is 0 Å². The highest BCUT2D eigenvalue weighted by molar-refractivity contribution is 8.04. The van der Waals surface area contributed by atoms with Crippen LogP contribution in [0.2, 0.25) is 0 Å². The molecule has 0 unspecified atom stereocenters. The van der Waals surface area contributed by atoms with Gasteiger partial charge in [-0.1, -0.05) is 0 Å². The van der Waals surface area contributed by atoms with E-state index in [4.69, 9.17) is 4.74 Å². The number of aromatic amines is 1. The first-order valence-electron chi connectivity index (χ1n) is 6.78. The first-order valence-corrected chi connectivity index (χ1v) is 7.76. The van der Waals surface area contributed by atoms with Crippen LogP contribution in [0, 0.1) is 0 Å². The monoisotopic (exact) mass is 324 g/mol. The number of fused-ring (bicyclic) bond motifs is 1. The largest absolute Gasteiger partial charge is 0.464 e. The molecule has 1 N–H and O–H groups in total. The van der Waals surface area contributed by atoms with Gasteiger partial charge in [-0.05, 0) is 13.3 Å². The summed E-state index contributed by atoms with van der Waals surface area (Å²) < 4.78 is 9.80. The zero-order chi connectivity index (χ0) is 16.1. The Morgan fingerprint density at radius 2 is 2.18 bits per heavy atom. The van der Waals surface area contributed by atoms with E-state index in [0.717, 1.165) is 6.42 Å². The Hall–Kier alpha value is -1.93. The molecule has 0 atom stereocenters. The molecule has 0 bridgehead atoms. The second kappa shape index (κ2) is 7.37. The number of thioether (sulfide) groups is 1. The average molecular weight is 324 g/mol. The first-order chi connectivity index (χ1) is 10.6. The molecule has 1 aromatic rings. The van der Waals surface area contributed by atoms with Crippen molar-refractivity contribution < 1.29 is 23.9 Å². The van der Waals surface area contributed by atoms with E-state index in [1.165, 1.54) is 24.9 Å². The number of H-pyrrole nitrogens is 1. The maximum atomic E-state index is 12.4. The number of hydrogen-bond acceptors (Lipinski definition) is 7. The van der Waals surface area contributed by atoms with Crippen molar-refractivity contribution in [3.8, 4) is 0 Å². The number of carbonyl (C=O) groups excluding carboxylic acids is 3. The van der Waals surface area contributed by atoms with E-state index < -0.39 is 5.97 Å². The zero-order valence-corrected chi connectivity index (χ0v) is 13.1. The number of ketones is 2. The Bertz CT molecular complexity index is 635.